The molecule has 0 radical (unpaired) electrons. The lowest BCUT2D eigenvalue weighted by molar-refractivity contribution is 0.157. The van der Waals surface area contributed by atoms with E-state index in [1.54, 1.807) is 12.4 Å². The molecule has 1 N–H and O–H groups in total. The molecule has 0 atom stereocenters. The molecule has 1 heterocycles. The lowest BCUT2D eigenvalue weighted by Gasteiger charge is -2.38. The van der Waals surface area contributed by atoms with E-state index < -0.39 is 0 Å². The largest absolute Gasteiger partial charge is 0.316 e. The zero-order chi connectivity index (χ0) is 12.3. The van der Waals surface area contributed by atoms with Gasteiger partial charge in [-0.3, -0.25) is 4.98 Å². The maximum atomic E-state index is 6.06. The van der Waals surface area contributed by atoms with Crippen molar-refractivity contribution in [1.82, 2.24) is 10.3 Å². The summed E-state index contributed by atoms with van der Waals surface area (Å²) in [6.07, 6.45) is 8.22. The fourth-order valence-electron chi connectivity index (χ4n) is 2.24. The number of rotatable bonds is 5. The standard InChI is InChI=1S/C13H18Cl2N2/c1-13(4-2-5-13)9-16-6-3-10-11(14)7-17-8-12(10)15/h7-8,16H,2-6,9H2,1H3. The van der Waals surface area contributed by atoms with E-state index in [0.29, 0.717) is 15.5 Å². The molecule has 1 fully saturated rings. The number of halogens is 2. The van der Waals surface area contributed by atoms with Crippen molar-refractivity contribution in [1.29, 1.82) is 0 Å². The van der Waals surface area contributed by atoms with Gasteiger partial charge in [0.25, 0.3) is 0 Å². The molecule has 17 heavy (non-hydrogen) atoms. The molecule has 2 nitrogen and oxygen atoms in total. The van der Waals surface area contributed by atoms with Crippen LogP contribution in [-0.4, -0.2) is 18.1 Å². The van der Waals surface area contributed by atoms with E-state index in [4.69, 9.17) is 23.2 Å². The lowest BCUT2D eigenvalue weighted by Crippen LogP contribution is -2.38. The molecule has 4 heteroatoms. The number of nitrogens with zero attached hydrogens (tertiary/aromatic N) is 1. The van der Waals surface area contributed by atoms with Gasteiger partial charge >= 0.3 is 0 Å². The van der Waals surface area contributed by atoms with Gasteiger partial charge in [0.2, 0.25) is 0 Å². The molecule has 1 aliphatic rings. The summed E-state index contributed by atoms with van der Waals surface area (Å²) in [5.74, 6) is 0. The summed E-state index contributed by atoms with van der Waals surface area (Å²) in [5.41, 5.74) is 1.51. The Hall–Kier alpha value is -0.310. The van der Waals surface area contributed by atoms with Crippen molar-refractivity contribution in [3.8, 4) is 0 Å². The van der Waals surface area contributed by atoms with E-state index in [1.807, 2.05) is 0 Å². The van der Waals surface area contributed by atoms with Crippen LogP contribution < -0.4 is 5.32 Å². The predicted octanol–water partition coefficient (Wildman–Crippen LogP) is 3.71. The second-order valence-corrected chi connectivity index (χ2v) is 5.99. The first-order chi connectivity index (χ1) is 8.11. The minimum atomic E-state index is 0.520. The average molecular weight is 273 g/mol. The Labute approximate surface area is 113 Å². The monoisotopic (exact) mass is 272 g/mol. The fourth-order valence-corrected chi connectivity index (χ4v) is 2.79. The van der Waals surface area contributed by atoms with Crippen molar-refractivity contribution in [2.24, 2.45) is 5.41 Å². The quantitative estimate of drug-likeness (QED) is 0.827. The molecule has 1 saturated carbocycles. The van der Waals surface area contributed by atoms with Crippen LogP contribution in [0.4, 0.5) is 0 Å². The van der Waals surface area contributed by atoms with Crippen LogP contribution in [0.2, 0.25) is 10.0 Å². The fraction of sp³-hybridized carbons (Fsp3) is 0.615. The second-order valence-electron chi connectivity index (χ2n) is 5.17. The van der Waals surface area contributed by atoms with Gasteiger partial charge in [0.05, 0.1) is 10.0 Å². The second kappa shape index (κ2) is 5.55. The number of hydrogen-bond donors (Lipinski definition) is 1. The molecule has 0 unspecified atom stereocenters. The van der Waals surface area contributed by atoms with Crippen molar-refractivity contribution < 1.29 is 0 Å². The highest BCUT2D eigenvalue weighted by molar-refractivity contribution is 6.35. The van der Waals surface area contributed by atoms with Crippen LogP contribution >= 0.6 is 23.2 Å². The first-order valence-corrected chi connectivity index (χ1v) is 6.85. The van der Waals surface area contributed by atoms with E-state index in [1.165, 1.54) is 19.3 Å². The SMILES string of the molecule is CC1(CNCCc2c(Cl)cncc2Cl)CCC1. The zero-order valence-corrected chi connectivity index (χ0v) is 11.6. The normalized spacial score (nSPS) is 17.8. The van der Waals surface area contributed by atoms with Crippen molar-refractivity contribution in [3.63, 3.8) is 0 Å². The third-order valence-electron chi connectivity index (χ3n) is 3.62. The number of pyridine rings is 1. The van der Waals surface area contributed by atoms with Gasteiger partial charge in [-0.15, -0.1) is 0 Å². The molecule has 0 amide bonds. The summed E-state index contributed by atoms with van der Waals surface area (Å²) >= 11 is 12.1. The minimum absolute atomic E-state index is 0.520. The summed E-state index contributed by atoms with van der Waals surface area (Å²) in [6.45, 7) is 4.35. The van der Waals surface area contributed by atoms with Crippen molar-refractivity contribution in [2.75, 3.05) is 13.1 Å². The Kier molecular flexibility index (Phi) is 4.29. The first kappa shape index (κ1) is 13.1. The summed E-state index contributed by atoms with van der Waals surface area (Å²) < 4.78 is 0. The topological polar surface area (TPSA) is 24.9 Å². The van der Waals surface area contributed by atoms with E-state index in [9.17, 15) is 0 Å². The van der Waals surface area contributed by atoms with Crippen LogP contribution in [0.3, 0.4) is 0 Å². The van der Waals surface area contributed by atoms with Gasteiger partial charge in [0, 0.05) is 18.9 Å². The van der Waals surface area contributed by atoms with Crippen LogP contribution in [0.25, 0.3) is 0 Å². The molecule has 1 aromatic rings. The van der Waals surface area contributed by atoms with Crippen LogP contribution in [0, 0.1) is 5.41 Å². The number of aromatic nitrogens is 1. The highest BCUT2D eigenvalue weighted by atomic mass is 35.5. The van der Waals surface area contributed by atoms with E-state index in [0.717, 1.165) is 25.1 Å². The average Bonchev–Trinajstić information content (AvgIpc) is 2.25. The molecule has 1 aliphatic carbocycles. The highest BCUT2D eigenvalue weighted by Crippen LogP contribution is 2.39. The minimum Gasteiger partial charge on any atom is -0.316 e. The molecule has 1 aromatic heterocycles. The number of hydrogen-bond acceptors (Lipinski definition) is 2. The maximum absolute atomic E-state index is 6.06. The molecule has 0 spiro atoms. The van der Waals surface area contributed by atoms with Gasteiger partial charge in [-0.1, -0.05) is 36.5 Å². The molecule has 94 valence electrons. The third-order valence-corrected chi connectivity index (χ3v) is 4.27. The van der Waals surface area contributed by atoms with E-state index >= 15 is 0 Å². The molecule has 0 saturated heterocycles. The van der Waals surface area contributed by atoms with Crippen molar-refractivity contribution in [2.45, 2.75) is 32.6 Å². The van der Waals surface area contributed by atoms with Gasteiger partial charge in [0.1, 0.15) is 0 Å². The zero-order valence-electron chi connectivity index (χ0n) is 10.1. The Balaban J connectivity index is 1.78. The third kappa shape index (κ3) is 3.34. The van der Waals surface area contributed by atoms with Crippen LogP contribution in [0.1, 0.15) is 31.7 Å². The van der Waals surface area contributed by atoms with Gasteiger partial charge in [-0.25, -0.2) is 0 Å². The van der Waals surface area contributed by atoms with Crippen molar-refractivity contribution in [3.05, 3.63) is 28.0 Å². The Bertz CT molecular complexity index is 369. The molecular weight excluding hydrogens is 255 g/mol. The van der Waals surface area contributed by atoms with E-state index in [-0.39, 0.29) is 0 Å². The van der Waals surface area contributed by atoms with Crippen LogP contribution in [-0.2, 0) is 6.42 Å². The highest BCUT2D eigenvalue weighted by Gasteiger charge is 2.30. The first-order valence-electron chi connectivity index (χ1n) is 6.09. The van der Waals surface area contributed by atoms with Crippen molar-refractivity contribution >= 4 is 23.2 Å². The maximum Gasteiger partial charge on any atom is 0.0636 e. The summed E-state index contributed by atoms with van der Waals surface area (Å²) in [7, 11) is 0. The van der Waals surface area contributed by atoms with E-state index in [2.05, 4.69) is 17.2 Å². The smallest absolute Gasteiger partial charge is 0.0636 e. The lowest BCUT2D eigenvalue weighted by atomic mass is 9.70. The van der Waals surface area contributed by atoms with Gasteiger partial charge < -0.3 is 5.32 Å². The summed E-state index contributed by atoms with van der Waals surface area (Å²) in [6, 6.07) is 0. The molecule has 0 bridgehead atoms. The van der Waals surface area contributed by atoms with Crippen LogP contribution in [0.15, 0.2) is 12.4 Å². The molecule has 2 rings (SSSR count). The van der Waals surface area contributed by atoms with Gasteiger partial charge in [-0.05, 0) is 36.8 Å². The summed E-state index contributed by atoms with van der Waals surface area (Å²) in [5, 5.41) is 4.82. The predicted molar refractivity (Wildman–Crippen MR) is 72.8 cm³/mol. The Morgan fingerprint density at radius 3 is 2.47 bits per heavy atom. The molecule has 0 aromatic carbocycles. The van der Waals surface area contributed by atoms with Gasteiger partial charge in [0.15, 0.2) is 0 Å². The van der Waals surface area contributed by atoms with Gasteiger partial charge in [-0.2, -0.15) is 0 Å². The Morgan fingerprint density at radius 1 is 1.29 bits per heavy atom. The molecular formula is C13H18Cl2N2. The van der Waals surface area contributed by atoms with Crippen LogP contribution in [0.5, 0.6) is 0 Å². The molecule has 0 aliphatic heterocycles. The number of nitrogens with one attached hydrogen (secondary N) is 1. The summed E-state index contributed by atoms with van der Waals surface area (Å²) in [4.78, 5) is 3.95. The Morgan fingerprint density at radius 2 is 1.94 bits per heavy atom.